The summed E-state index contributed by atoms with van der Waals surface area (Å²) in [5.41, 5.74) is 6.21. The summed E-state index contributed by atoms with van der Waals surface area (Å²) in [4.78, 5) is 0. The van der Waals surface area contributed by atoms with Crippen LogP contribution >= 0.6 is 23.2 Å². The Balaban J connectivity index is 2.55. The Kier molecular flexibility index (Phi) is 4.74. The van der Waals surface area contributed by atoms with Crippen LogP contribution in [0.2, 0.25) is 10.0 Å². The molecule has 1 N–H and O–H groups in total. The van der Waals surface area contributed by atoms with Crippen molar-refractivity contribution in [1.82, 2.24) is 5.32 Å². The van der Waals surface area contributed by atoms with Crippen LogP contribution in [0, 0.1) is 20.8 Å². The van der Waals surface area contributed by atoms with E-state index in [1.165, 1.54) is 22.3 Å². The summed E-state index contributed by atoms with van der Waals surface area (Å²) < 4.78 is 0. The van der Waals surface area contributed by atoms with Gasteiger partial charge in [0.1, 0.15) is 0 Å². The predicted octanol–water partition coefficient (Wildman–Crippen LogP) is 5.23. The SMILES string of the molecule is CNC(c1cc(Cl)cc(Cl)c1)c1cc(C)c(C)cc1C. The van der Waals surface area contributed by atoms with Crippen molar-refractivity contribution in [3.05, 3.63) is 68.2 Å². The van der Waals surface area contributed by atoms with Gasteiger partial charge in [-0.05, 0) is 73.8 Å². The number of aryl methyl sites for hydroxylation is 3. The van der Waals surface area contributed by atoms with Gasteiger partial charge < -0.3 is 5.32 Å². The highest BCUT2D eigenvalue weighted by atomic mass is 35.5. The van der Waals surface area contributed by atoms with Crippen LogP contribution in [0.1, 0.15) is 33.9 Å². The zero-order valence-corrected chi connectivity index (χ0v) is 13.7. The number of rotatable bonds is 3. The summed E-state index contributed by atoms with van der Waals surface area (Å²) in [6.45, 7) is 6.41. The van der Waals surface area contributed by atoms with Crippen LogP contribution in [0.4, 0.5) is 0 Å². The van der Waals surface area contributed by atoms with Crippen molar-refractivity contribution in [3.8, 4) is 0 Å². The average Bonchev–Trinajstić information content (AvgIpc) is 2.35. The second kappa shape index (κ2) is 6.17. The van der Waals surface area contributed by atoms with Crippen molar-refractivity contribution in [1.29, 1.82) is 0 Å². The van der Waals surface area contributed by atoms with Gasteiger partial charge in [-0.25, -0.2) is 0 Å². The van der Waals surface area contributed by atoms with Crippen molar-refractivity contribution in [3.63, 3.8) is 0 Å². The Morgan fingerprint density at radius 2 is 1.35 bits per heavy atom. The molecule has 0 aliphatic rings. The molecule has 0 aliphatic heterocycles. The average molecular weight is 308 g/mol. The molecule has 2 aromatic carbocycles. The number of hydrogen-bond donors (Lipinski definition) is 1. The fourth-order valence-corrected chi connectivity index (χ4v) is 3.08. The van der Waals surface area contributed by atoms with Crippen molar-refractivity contribution in [2.24, 2.45) is 0 Å². The first kappa shape index (κ1) is 15.4. The van der Waals surface area contributed by atoms with Gasteiger partial charge in [0.15, 0.2) is 0 Å². The van der Waals surface area contributed by atoms with Crippen LogP contribution < -0.4 is 5.32 Å². The molecule has 106 valence electrons. The van der Waals surface area contributed by atoms with Crippen molar-refractivity contribution in [2.75, 3.05) is 7.05 Å². The van der Waals surface area contributed by atoms with E-state index in [4.69, 9.17) is 23.2 Å². The summed E-state index contributed by atoms with van der Waals surface area (Å²) in [6.07, 6.45) is 0. The number of hydrogen-bond acceptors (Lipinski definition) is 1. The first-order valence-electron chi connectivity index (χ1n) is 6.63. The van der Waals surface area contributed by atoms with Gasteiger partial charge in [0.2, 0.25) is 0 Å². The molecule has 0 aliphatic carbocycles. The third-order valence-electron chi connectivity index (χ3n) is 3.70. The lowest BCUT2D eigenvalue weighted by atomic mass is 9.92. The van der Waals surface area contributed by atoms with E-state index in [0.717, 1.165) is 5.56 Å². The summed E-state index contributed by atoms with van der Waals surface area (Å²) >= 11 is 12.2. The summed E-state index contributed by atoms with van der Waals surface area (Å²) in [5.74, 6) is 0. The van der Waals surface area contributed by atoms with Gasteiger partial charge >= 0.3 is 0 Å². The maximum Gasteiger partial charge on any atom is 0.0578 e. The zero-order chi connectivity index (χ0) is 14.9. The molecule has 1 unspecified atom stereocenters. The Hall–Kier alpha value is -1.02. The van der Waals surface area contributed by atoms with Gasteiger partial charge in [-0.2, -0.15) is 0 Å². The Morgan fingerprint density at radius 3 is 1.90 bits per heavy atom. The molecule has 0 aromatic heterocycles. The monoisotopic (exact) mass is 307 g/mol. The van der Waals surface area contributed by atoms with Gasteiger partial charge in [0, 0.05) is 10.0 Å². The Bertz CT molecular complexity index is 615. The van der Waals surface area contributed by atoms with Gasteiger partial charge in [-0.1, -0.05) is 35.3 Å². The standard InChI is InChI=1S/C17H19Cl2N/c1-10-5-12(3)16(6-11(10)2)17(20-4)13-7-14(18)9-15(19)8-13/h5-9,17,20H,1-4H3. The fraction of sp³-hybridized carbons (Fsp3) is 0.294. The number of halogens is 2. The minimum Gasteiger partial charge on any atom is -0.309 e. The minimum absolute atomic E-state index is 0.0884. The summed E-state index contributed by atoms with van der Waals surface area (Å²) in [7, 11) is 1.95. The first-order chi connectivity index (χ1) is 9.42. The third-order valence-corrected chi connectivity index (χ3v) is 4.14. The maximum absolute atomic E-state index is 6.12. The topological polar surface area (TPSA) is 12.0 Å². The van der Waals surface area contributed by atoms with E-state index in [9.17, 15) is 0 Å². The van der Waals surface area contributed by atoms with Crippen LogP contribution in [-0.2, 0) is 0 Å². The maximum atomic E-state index is 6.12. The molecular weight excluding hydrogens is 289 g/mol. The molecule has 0 radical (unpaired) electrons. The molecular formula is C17H19Cl2N. The van der Waals surface area contributed by atoms with E-state index in [1.807, 2.05) is 19.2 Å². The van der Waals surface area contributed by atoms with Crippen LogP contribution in [0.5, 0.6) is 0 Å². The normalized spacial score (nSPS) is 12.5. The molecule has 2 aromatic rings. The van der Waals surface area contributed by atoms with Crippen molar-refractivity contribution in [2.45, 2.75) is 26.8 Å². The first-order valence-corrected chi connectivity index (χ1v) is 7.39. The fourth-order valence-electron chi connectivity index (χ4n) is 2.54. The molecule has 0 saturated heterocycles. The second-order valence-corrected chi connectivity index (χ2v) is 6.09. The molecule has 0 amide bonds. The molecule has 0 fully saturated rings. The van der Waals surface area contributed by atoms with E-state index >= 15 is 0 Å². The van der Waals surface area contributed by atoms with Crippen molar-refractivity contribution < 1.29 is 0 Å². The highest BCUT2D eigenvalue weighted by Crippen LogP contribution is 2.30. The lowest BCUT2D eigenvalue weighted by Crippen LogP contribution is -2.19. The molecule has 0 heterocycles. The summed E-state index contributed by atoms with van der Waals surface area (Å²) in [5, 5.41) is 4.68. The highest BCUT2D eigenvalue weighted by molar-refractivity contribution is 6.34. The third kappa shape index (κ3) is 3.17. The quantitative estimate of drug-likeness (QED) is 0.819. The van der Waals surface area contributed by atoms with Crippen LogP contribution in [0.3, 0.4) is 0 Å². The lowest BCUT2D eigenvalue weighted by Gasteiger charge is -2.21. The number of nitrogens with one attached hydrogen (secondary N) is 1. The van der Waals surface area contributed by atoms with Crippen LogP contribution in [0.25, 0.3) is 0 Å². The lowest BCUT2D eigenvalue weighted by molar-refractivity contribution is 0.686. The van der Waals surface area contributed by atoms with Crippen LogP contribution in [0.15, 0.2) is 30.3 Å². The van der Waals surface area contributed by atoms with E-state index in [-0.39, 0.29) is 6.04 Å². The molecule has 1 atom stereocenters. The minimum atomic E-state index is 0.0884. The molecule has 0 bridgehead atoms. The highest BCUT2D eigenvalue weighted by Gasteiger charge is 2.16. The molecule has 20 heavy (non-hydrogen) atoms. The van der Waals surface area contributed by atoms with E-state index in [0.29, 0.717) is 10.0 Å². The summed E-state index contributed by atoms with van der Waals surface area (Å²) in [6, 6.07) is 10.2. The smallest absolute Gasteiger partial charge is 0.0578 e. The molecule has 0 saturated carbocycles. The predicted molar refractivity (Wildman–Crippen MR) is 88.0 cm³/mol. The van der Waals surface area contributed by atoms with Gasteiger partial charge in [0.25, 0.3) is 0 Å². The second-order valence-electron chi connectivity index (χ2n) is 5.22. The zero-order valence-electron chi connectivity index (χ0n) is 12.2. The number of benzene rings is 2. The molecule has 1 nitrogen and oxygen atoms in total. The molecule has 2 rings (SSSR count). The molecule has 0 spiro atoms. The van der Waals surface area contributed by atoms with Gasteiger partial charge in [0.05, 0.1) is 6.04 Å². The largest absolute Gasteiger partial charge is 0.309 e. The Labute approximate surface area is 130 Å². The van der Waals surface area contributed by atoms with Gasteiger partial charge in [-0.15, -0.1) is 0 Å². The van der Waals surface area contributed by atoms with Gasteiger partial charge in [-0.3, -0.25) is 0 Å². The van der Waals surface area contributed by atoms with Crippen LogP contribution in [-0.4, -0.2) is 7.05 Å². The van der Waals surface area contributed by atoms with E-state index < -0.39 is 0 Å². The Morgan fingerprint density at radius 1 is 0.800 bits per heavy atom. The van der Waals surface area contributed by atoms with E-state index in [1.54, 1.807) is 6.07 Å². The van der Waals surface area contributed by atoms with Crippen molar-refractivity contribution >= 4 is 23.2 Å². The molecule has 3 heteroatoms. The van der Waals surface area contributed by atoms with E-state index in [2.05, 4.69) is 38.2 Å².